The van der Waals surface area contributed by atoms with Crippen LogP contribution in [0.25, 0.3) is 0 Å². The second-order valence-corrected chi connectivity index (χ2v) is 8.08. The molecule has 2 aromatic rings. The molecule has 0 atom stereocenters. The Labute approximate surface area is 185 Å². The highest BCUT2D eigenvalue weighted by Gasteiger charge is 2.25. The van der Waals surface area contributed by atoms with Crippen molar-refractivity contribution in [2.45, 2.75) is 25.7 Å². The highest BCUT2D eigenvalue weighted by atomic mass is 35.5. The predicted octanol–water partition coefficient (Wildman–Crippen LogP) is 4.76. The largest absolute Gasteiger partial charge is 0.490 e. The molecule has 0 aliphatic rings. The van der Waals surface area contributed by atoms with Gasteiger partial charge in [0, 0.05) is 11.3 Å². The summed E-state index contributed by atoms with van der Waals surface area (Å²) < 4.78 is 10.9. The molecular weight excluding hydrogens is 437 g/mol. The van der Waals surface area contributed by atoms with Gasteiger partial charge in [-0.25, -0.2) is 0 Å². The predicted molar refractivity (Wildman–Crippen MR) is 116 cm³/mol. The number of halogens is 3. The lowest BCUT2D eigenvalue weighted by molar-refractivity contribution is -0.137. The van der Waals surface area contributed by atoms with Crippen molar-refractivity contribution in [3.05, 3.63) is 57.6 Å². The molecular formula is C21H22Cl3NO4. The van der Waals surface area contributed by atoms with Crippen molar-refractivity contribution in [2.75, 3.05) is 19.1 Å². The Morgan fingerprint density at radius 2 is 1.59 bits per heavy atom. The summed E-state index contributed by atoms with van der Waals surface area (Å²) in [6.07, 6.45) is 0.695. The van der Waals surface area contributed by atoms with Gasteiger partial charge in [-0.2, -0.15) is 0 Å². The maximum absolute atomic E-state index is 11.3. The maximum atomic E-state index is 11.3. The minimum absolute atomic E-state index is 0.394. The molecule has 0 bridgehead atoms. The third-order valence-electron chi connectivity index (χ3n) is 4.47. The monoisotopic (exact) mass is 457 g/mol. The van der Waals surface area contributed by atoms with Gasteiger partial charge in [0.1, 0.15) is 5.75 Å². The highest BCUT2D eigenvalue weighted by Crippen LogP contribution is 2.40. The van der Waals surface area contributed by atoms with E-state index in [0.717, 1.165) is 11.1 Å². The van der Waals surface area contributed by atoms with E-state index < -0.39 is 23.7 Å². The van der Waals surface area contributed by atoms with Crippen LogP contribution in [0.15, 0.2) is 36.4 Å². The van der Waals surface area contributed by atoms with Crippen LogP contribution in [0.4, 0.5) is 0 Å². The van der Waals surface area contributed by atoms with E-state index in [1.807, 2.05) is 38.1 Å². The number of rotatable bonds is 10. The second-order valence-electron chi connectivity index (χ2n) is 6.89. The van der Waals surface area contributed by atoms with E-state index in [1.165, 1.54) is 0 Å². The van der Waals surface area contributed by atoms with Crippen molar-refractivity contribution in [3.8, 4) is 11.5 Å². The molecule has 2 N–H and O–H groups in total. The number of hydrogen-bond donors (Lipinski definition) is 1. The zero-order valence-corrected chi connectivity index (χ0v) is 18.4. The summed E-state index contributed by atoms with van der Waals surface area (Å²) in [5.41, 5.74) is 6.39. The molecule has 29 heavy (non-hydrogen) atoms. The molecule has 0 fully saturated rings. The number of ether oxygens (including phenoxy) is 2. The van der Waals surface area contributed by atoms with Crippen LogP contribution in [0, 0.1) is 0 Å². The van der Waals surface area contributed by atoms with Crippen molar-refractivity contribution >= 4 is 46.5 Å². The molecule has 5 nitrogen and oxygen atoms in total. The number of carbonyl (C=O) groups excluding carboxylic acids is 2. The van der Waals surface area contributed by atoms with Crippen LogP contribution >= 0.6 is 34.8 Å². The summed E-state index contributed by atoms with van der Waals surface area (Å²) >= 11 is 18.5. The summed E-state index contributed by atoms with van der Waals surface area (Å²) in [6.45, 7) is 4.12. The topological polar surface area (TPSA) is 78.6 Å². The van der Waals surface area contributed by atoms with E-state index in [4.69, 9.17) is 50.0 Å². The molecule has 2 aromatic carbocycles. The molecule has 2 rings (SSSR count). The van der Waals surface area contributed by atoms with Crippen LogP contribution in [0.5, 0.6) is 11.5 Å². The van der Waals surface area contributed by atoms with Gasteiger partial charge in [-0.15, -0.1) is 11.6 Å². The fraction of sp³-hybridized carbons (Fsp3) is 0.333. The van der Waals surface area contributed by atoms with Crippen LogP contribution in [-0.4, -0.2) is 30.8 Å². The lowest BCUT2D eigenvalue weighted by atomic mass is 9.78. The highest BCUT2D eigenvalue weighted by molar-refractivity contribution is 6.37. The average Bonchev–Trinajstić information content (AvgIpc) is 2.68. The quantitative estimate of drug-likeness (QED) is 0.316. The molecule has 0 spiro atoms. The Hall–Kier alpha value is -1.95. The van der Waals surface area contributed by atoms with Gasteiger partial charge in [0.2, 0.25) is 0 Å². The Bertz CT molecular complexity index is 859. The zero-order valence-electron chi connectivity index (χ0n) is 16.1. The Morgan fingerprint density at radius 1 is 1.00 bits per heavy atom. The van der Waals surface area contributed by atoms with Gasteiger partial charge >= 0.3 is 0 Å². The lowest BCUT2D eigenvalue weighted by Gasteiger charge is -2.27. The van der Waals surface area contributed by atoms with Crippen molar-refractivity contribution in [1.82, 2.24) is 0 Å². The number of benzene rings is 2. The first-order valence-corrected chi connectivity index (χ1v) is 10.2. The van der Waals surface area contributed by atoms with Gasteiger partial charge < -0.3 is 15.2 Å². The number of alkyl halides is 1. The van der Waals surface area contributed by atoms with E-state index in [0.29, 0.717) is 40.5 Å². The fourth-order valence-electron chi connectivity index (χ4n) is 2.64. The first-order chi connectivity index (χ1) is 13.7. The molecule has 0 aliphatic carbocycles. The Balaban J connectivity index is 2.19. The molecule has 0 saturated carbocycles. The molecule has 0 aliphatic heterocycles. The zero-order chi connectivity index (χ0) is 21.6. The van der Waals surface area contributed by atoms with E-state index in [-0.39, 0.29) is 0 Å². The molecule has 1 amide bonds. The number of nitrogens with two attached hydrogens (primary N) is 1. The van der Waals surface area contributed by atoms with Crippen LogP contribution < -0.4 is 15.2 Å². The van der Waals surface area contributed by atoms with Gasteiger partial charge in [0.15, 0.2) is 12.4 Å². The summed E-state index contributed by atoms with van der Waals surface area (Å²) in [6, 6.07) is 10.8. The van der Waals surface area contributed by atoms with Crippen molar-refractivity contribution < 1.29 is 19.1 Å². The third-order valence-corrected chi connectivity index (χ3v) is 5.29. The fourth-order valence-corrected chi connectivity index (χ4v) is 3.35. The molecule has 0 heterocycles. The van der Waals surface area contributed by atoms with Gasteiger partial charge in [0.25, 0.3) is 11.7 Å². The summed E-state index contributed by atoms with van der Waals surface area (Å²) in [5, 5.41) is 0.861. The summed E-state index contributed by atoms with van der Waals surface area (Å²) in [4.78, 5) is 22.0. The lowest BCUT2D eigenvalue weighted by Crippen LogP contribution is -2.28. The average molecular weight is 459 g/mol. The van der Waals surface area contributed by atoms with E-state index in [1.54, 1.807) is 12.1 Å². The Morgan fingerprint density at radius 3 is 2.10 bits per heavy atom. The number of primary amides is 1. The second kappa shape index (κ2) is 10.2. The Kier molecular flexibility index (Phi) is 8.20. The van der Waals surface area contributed by atoms with Crippen LogP contribution in [0.3, 0.4) is 0 Å². The number of carbonyl (C=O) groups is 2. The molecule has 0 radical (unpaired) electrons. The van der Waals surface area contributed by atoms with Gasteiger partial charge in [-0.1, -0.05) is 49.2 Å². The van der Waals surface area contributed by atoms with Crippen LogP contribution in [-0.2, 0) is 15.0 Å². The van der Waals surface area contributed by atoms with Crippen molar-refractivity contribution in [2.24, 2.45) is 5.73 Å². The first-order valence-electron chi connectivity index (χ1n) is 8.91. The van der Waals surface area contributed by atoms with Gasteiger partial charge in [0.05, 0.1) is 16.7 Å². The summed E-state index contributed by atoms with van der Waals surface area (Å²) in [7, 11) is 0. The summed E-state index contributed by atoms with van der Waals surface area (Å²) in [5.74, 6) is -0.408. The maximum Gasteiger partial charge on any atom is 0.288 e. The third kappa shape index (κ3) is 6.01. The van der Waals surface area contributed by atoms with Gasteiger partial charge in [-0.3, -0.25) is 9.59 Å². The first kappa shape index (κ1) is 23.3. The molecule has 0 aromatic heterocycles. The van der Waals surface area contributed by atoms with Crippen LogP contribution in [0.2, 0.25) is 10.0 Å². The minimum Gasteiger partial charge on any atom is -0.490 e. The normalized spacial score (nSPS) is 11.2. The van der Waals surface area contributed by atoms with E-state index >= 15 is 0 Å². The minimum atomic E-state index is -1.02. The van der Waals surface area contributed by atoms with Gasteiger partial charge in [-0.05, 0) is 41.8 Å². The SMILES string of the molecule is CC(C)(c1ccc(OCC(=O)C(N)=O)cc1)c1cc(Cl)c(OCCCCl)c(Cl)c1. The molecule has 156 valence electrons. The molecule has 0 unspecified atom stereocenters. The van der Waals surface area contributed by atoms with Crippen molar-refractivity contribution in [3.63, 3.8) is 0 Å². The number of amides is 1. The smallest absolute Gasteiger partial charge is 0.288 e. The standard InChI is InChI=1S/C21H22Cl3NO4/c1-21(2,13-4-6-15(7-5-13)29-12-18(26)20(25)27)14-10-16(23)19(17(24)11-14)28-9-3-8-22/h4-7,10-11H,3,8-9,12H2,1-2H3,(H2,25,27). The van der Waals surface area contributed by atoms with E-state index in [9.17, 15) is 9.59 Å². The van der Waals surface area contributed by atoms with Crippen molar-refractivity contribution in [1.29, 1.82) is 0 Å². The molecule has 0 saturated heterocycles. The molecule has 8 heteroatoms. The number of hydrogen-bond acceptors (Lipinski definition) is 4. The number of ketones is 1. The van der Waals surface area contributed by atoms with Crippen LogP contribution in [0.1, 0.15) is 31.4 Å². The number of Topliss-reactive ketones (excluding diaryl/α,β-unsaturated/α-hetero) is 1. The van der Waals surface area contributed by atoms with E-state index in [2.05, 4.69) is 0 Å².